The van der Waals surface area contributed by atoms with E-state index >= 15 is 0 Å². The molecule has 0 saturated carbocycles. The molecule has 0 aliphatic carbocycles. The molecular weight excluding hydrogens is 322 g/mol. The lowest BCUT2D eigenvalue weighted by Gasteiger charge is -2.33. The third kappa shape index (κ3) is 4.79. The summed E-state index contributed by atoms with van der Waals surface area (Å²) in [5, 5.41) is 6.10. The molecule has 128 valence electrons. The van der Waals surface area contributed by atoms with Gasteiger partial charge in [-0.3, -0.25) is 0 Å². The number of urea groups is 1. The van der Waals surface area contributed by atoms with Gasteiger partial charge in [-0.05, 0) is 12.5 Å². The van der Waals surface area contributed by atoms with Crippen LogP contribution in [0.15, 0.2) is 35.7 Å². The lowest BCUT2D eigenvalue weighted by molar-refractivity contribution is -0.0132. The summed E-state index contributed by atoms with van der Waals surface area (Å²) < 4.78 is 5.81. The summed E-state index contributed by atoms with van der Waals surface area (Å²) in [6, 6.07) is 10.2. The number of carbonyl (C=O) groups is 1. The van der Waals surface area contributed by atoms with Crippen LogP contribution in [-0.4, -0.2) is 48.3 Å². The van der Waals surface area contributed by atoms with Gasteiger partial charge in [-0.1, -0.05) is 30.3 Å². The molecule has 2 amide bonds. The van der Waals surface area contributed by atoms with Crippen molar-refractivity contribution in [1.82, 2.24) is 15.2 Å². The van der Waals surface area contributed by atoms with Crippen molar-refractivity contribution in [3.63, 3.8) is 0 Å². The predicted molar refractivity (Wildman–Crippen MR) is 95.4 cm³/mol. The third-order valence-corrected chi connectivity index (χ3v) is 4.88. The zero-order valence-corrected chi connectivity index (χ0v) is 14.7. The van der Waals surface area contributed by atoms with Gasteiger partial charge in [0.15, 0.2) is 0 Å². The molecule has 2 aromatic rings. The number of ether oxygens (including phenoxy) is 1. The number of aryl methyl sites for hydroxylation is 1. The number of nitrogens with zero attached hydrogens (tertiary/aromatic N) is 2. The Labute approximate surface area is 146 Å². The Kier molecular flexibility index (Phi) is 5.82. The second-order valence-corrected chi connectivity index (χ2v) is 7.03. The van der Waals surface area contributed by atoms with E-state index in [1.165, 1.54) is 5.56 Å². The second kappa shape index (κ2) is 8.26. The smallest absolute Gasteiger partial charge is 0.317 e. The molecule has 24 heavy (non-hydrogen) atoms. The number of morpholine rings is 1. The first-order valence-electron chi connectivity index (χ1n) is 8.30. The van der Waals surface area contributed by atoms with Gasteiger partial charge in [0.25, 0.3) is 0 Å². The molecule has 1 aliphatic heterocycles. The van der Waals surface area contributed by atoms with Crippen molar-refractivity contribution in [2.45, 2.75) is 25.9 Å². The van der Waals surface area contributed by atoms with E-state index in [0.717, 1.165) is 23.5 Å². The molecule has 0 radical (unpaired) electrons. The van der Waals surface area contributed by atoms with Crippen molar-refractivity contribution < 1.29 is 9.53 Å². The fraction of sp³-hybridized carbons (Fsp3) is 0.444. The van der Waals surface area contributed by atoms with Crippen LogP contribution >= 0.6 is 11.3 Å². The highest BCUT2D eigenvalue weighted by molar-refractivity contribution is 7.09. The molecule has 1 saturated heterocycles. The molecule has 3 rings (SSSR count). The first kappa shape index (κ1) is 16.9. The van der Waals surface area contributed by atoms with E-state index in [0.29, 0.717) is 26.2 Å². The van der Waals surface area contributed by atoms with E-state index < -0.39 is 0 Å². The van der Waals surface area contributed by atoms with Crippen molar-refractivity contribution in [1.29, 1.82) is 0 Å². The van der Waals surface area contributed by atoms with Crippen molar-refractivity contribution in [2.24, 2.45) is 0 Å². The second-order valence-electron chi connectivity index (χ2n) is 5.97. The molecule has 0 bridgehead atoms. The zero-order chi connectivity index (χ0) is 16.8. The van der Waals surface area contributed by atoms with Gasteiger partial charge >= 0.3 is 6.03 Å². The molecule has 2 heterocycles. The first-order valence-corrected chi connectivity index (χ1v) is 9.18. The molecule has 1 aliphatic rings. The number of hydrogen-bond donors (Lipinski definition) is 1. The summed E-state index contributed by atoms with van der Waals surface area (Å²) in [5.74, 6) is 0. The molecule has 1 N–H and O–H groups in total. The molecule has 1 aromatic carbocycles. The predicted octanol–water partition coefficient (Wildman–Crippen LogP) is 2.65. The van der Waals surface area contributed by atoms with Crippen LogP contribution < -0.4 is 5.32 Å². The van der Waals surface area contributed by atoms with E-state index in [-0.39, 0.29) is 12.1 Å². The molecule has 6 heteroatoms. The number of amides is 2. The Balaban J connectivity index is 1.44. The quantitative estimate of drug-likeness (QED) is 0.906. The van der Waals surface area contributed by atoms with Crippen molar-refractivity contribution >= 4 is 17.4 Å². The van der Waals surface area contributed by atoms with Crippen LogP contribution in [-0.2, 0) is 17.6 Å². The molecule has 0 spiro atoms. The Hall–Kier alpha value is -1.92. The molecule has 5 nitrogen and oxygen atoms in total. The number of hydrogen-bond acceptors (Lipinski definition) is 4. The average molecular weight is 345 g/mol. The van der Waals surface area contributed by atoms with E-state index in [1.807, 2.05) is 35.4 Å². The minimum Gasteiger partial charge on any atom is -0.374 e. The van der Waals surface area contributed by atoms with E-state index in [1.54, 1.807) is 11.3 Å². The molecule has 0 unspecified atom stereocenters. The normalized spacial score (nSPS) is 17.7. The Morgan fingerprint density at radius 2 is 2.25 bits per heavy atom. The van der Waals surface area contributed by atoms with Gasteiger partial charge in [0, 0.05) is 37.9 Å². The van der Waals surface area contributed by atoms with Crippen LogP contribution in [0.3, 0.4) is 0 Å². The maximum Gasteiger partial charge on any atom is 0.317 e. The van der Waals surface area contributed by atoms with E-state index in [2.05, 4.69) is 22.4 Å². The molecule has 1 fully saturated rings. The van der Waals surface area contributed by atoms with Gasteiger partial charge in [0.05, 0.1) is 23.4 Å². The highest BCUT2D eigenvalue weighted by Gasteiger charge is 2.24. The molecule has 1 aromatic heterocycles. The first-order chi connectivity index (χ1) is 11.7. The number of nitrogens with one attached hydrogen (secondary N) is 1. The summed E-state index contributed by atoms with van der Waals surface area (Å²) in [7, 11) is 0. The summed E-state index contributed by atoms with van der Waals surface area (Å²) in [6.07, 6.45) is 1.67. The third-order valence-electron chi connectivity index (χ3n) is 4.06. The van der Waals surface area contributed by atoms with Gasteiger partial charge in [-0.2, -0.15) is 0 Å². The van der Waals surface area contributed by atoms with Gasteiger partial charge in [-0.25, -0.2) is 9.78 Å². The fourth-order valence-electron chi connectivity index (χ4n) is 2.84. The Morgan fingerprint density at radius 3 is 3.00 bits per heavy atom. The SMILES string of the molecule is Cc1nc(CCNC(=O)N2CCO[C@@H](Cc3ccccc3)C2)cs1. The minimum absolute atomic E-state index is 0.0108. The number of aromatic nitrogens is 1. The van der Waals surface area contributed by atoms with Crippen LogP contribution in [0.1, 0.15) is 16.3 Å². The van der Waals surface area contributed by atoms with Crippen molar-refractivity contribution in [2.75, 3.05) is 26.2 Å². The lowest BCUT2D eigenvalue weighted by atomic mass is 10.1. The standard InChI is InChI=1S/C18H23N3O2S/c1-14-20-16(13-24-14)7-8-19-18(22)21-9-10-23-17(12-21)11-15-5-3-2-4-6-15/h2-6,13,17H,7-12H2,1H3,(H,19,22)/t17-/m0/s1. The monoisotopic (exact) mass is 345 g/mol. The maximum atomic E-state index is 12.3. The minimum atomic E-state index is -0.0108. The van der Waals surface area contributed by atoms with Crippen LogP contribution in [0.25, 0.3) is 0 Å². The van der Waals surface area contributed by atoms with Crippen LogP contribution in [0.5, 0.6) is 0 Å². The molecule has 1 atom stereocenters. The topological polar surface area (TPSA) is 54.5 Å². The van der Waals surface area contributed by atoms with Crippen LogP contribution in [0.4, 0.5) is 4.79 Å². The number of carbonyl (C=O) groups excluding carboxylic acids is 1. The highest BCUT2D eigenvalue weighted by atomic mass is 32.1. The Morgan fingerprint density at radius 1 is 1.42 bits per heavy atom. The van der Waals surface area contributed by atoms with Crippen molar-refractivity contribution in [3.05, 3.63) is 52.0 Å². The molecular formula is C18H23N3O2S. The number of thiazole rings is 1. The zero-order valence-electron chi connectivity index (χ0n) is 13.9. The summed E-state index contributed by atoms with van der Waals surface area (Å²) in [5.41, 5.74) is 2.28. The van der Waals surface area contributed by atoms with E-state index in [4.69, 9.17) is 4.74 Å². The summed E-state index contributed by atoms with van der Waals surface area (Å²) in [6.45, 7) is 4.48. The van der Waals surface area contributed by atoms with E-state index in [9.17, 15) is 4.79 Å². The summed E-state index contributed by atoms with van der Waals surface area (Å²) in [4.78, 5) is 18.6. The van der Waals surface area contributed by atoms with Gasteiger partial charge in [-0.15, -0.1) is 11.3 Å². The van der Waals surface area contributed by atoms with Gasteiger partial charge < -0.3 is 15.0 Å². The van der Waals surface area contributed by atoms with Gasteiger partial charge in [0.2, 0.25) is 0 Å². The number of benzene rings is 1. The Bertz CT molecular complexity index is 659. The maximum absolute atomic E-state index is 12.3. The number of rotatable bonds is 5. The average Bonchev–Trinajstić information content (AvgIpc) is 3.01. The summed E-state index contributed by atoms with van der Waals surface area (Å²) >= 11 is 1.64. The van der Waals surface area contributed by atoms with Crippen molar-refractivity contribution in [3.8, 4) is 0 Å². The highest BCUT2D eigenvalue weighted by Crippen LogP contribution is 2.12. The largest absolute Gasteiger partial charge is 0.374 e. The van der Waals surface area contributed by atoms with Crippen LogP contribution in [0, 0.1) is 6.92 Å². The van der Waals surface area contributed by atoms with Gasteiger partial charge in [0.1, 0.15) is 0 Å². The lowest BCUT2D eigenvalue weighted by Crippen LogP contribution is -2.50. The van der Waals surface area contributed by atoms with Crippen LogP contribution in [0.2, 0.25) is 0 Å². The fourth-order valence-corrected chi connectivity index (χ4v) is 3.48.